The molecule has 0 aliphatic carbocycles. The second-order valence-corrected chi connectivity index (χ2v) is 6.97. The predicted molar refractivity (Wildman–Crippen MR) is 104 cm³/mol. The van der Waals surface area contributed by atoms with Gasteiger partial charge in [-0.25, -0.2) is 19.0 Å². The van der Waals surface area contributed by atoms with Crippen molar-refractivity contribution in [1.82, 2.24) is 19.7 Å². The van der Waals surface area contributed by atoms with Crippen molar-refractivity contribution in [3.63, 3.8) is 0 Å². The van der Waals surface area contributed by atoms with E-state index in [9.17, 15) is 14.0 Å². The van der Waals surface area contributed by atoms with Crippen molar-refractivity contribution in [3.8, 4) is 5.82 Å². The topological polar surface area (TPSA) is 93.0 Å². The largest absolute Gasteiger partial charge is 0.312 e. The summed E-state index contributed by atoms with van der Waals surface area (Å²) in [5, 5.41) is 7.13. The maximum Gasteiger partial charge on any atom is 0.230 e. The molecule has 3 aromatic rings. The molecule has 1 N–H and O–H groups in total. The Morgan fingerprint density at radius 3 is 2.62 bits per heavy atom. The van der Waals surface area contributed by atoms with Crippen molar-refractivity contribution in [3.05, 3.63) is 59.9 Å². The number of hydrogen-bond donors (Lipinski definition) is 1. The number of benzene rings is 1. The van der Waals surface area contributed by atoms with E-state index in [1.165, 1.54) is 35.5 Å². The van der Waals surface area contributed by atoms with E-state index in [2.05, 4.69) is 20.4 Å². The molecule has 4 rings (SSSR count). The van der Waals surface area contributed by atoms with Gasteiger partial charge in [-0.1, -0.05) is 0 Å². The number of nitrogens with one attached hydrogen (secondary N) is 1. The maximum absolute atomic E-state index is 13.1. The molecule has 8 nitrogen and oxygen atoms in total. The van der Waals surface area contributed by atoms with Gasteiger partial charge in [-0.2, -0.15) is 5.10 Å². The van der Waals surface area contributed by atoms with E-state index in [4.69, 9.17) is 0 Å². The van der Waals surface area contributed by atoms with Gasteiger partial charge in [-0.15, -0.1) is 0 Å². The maximum atomic E-state index is 13.1. The minimum absolute atomic E-state index is 0.0820. The Hall–Kier alpha value is -3.62. The van der Waals surface area contributed by atoms with Gasteiger partial charge in [0.15, 0.2) is 5.82 Å². The van der Waals surface area contributed by atoms with Crippen LogP contribution in [0.25, 0.3) is 5.82 Å². The van der Waals surface area contributed by atoms with E-state index in [1.54, 1.807) is 10.7 Å². The summed E-state index contributed by atoms with van der Waals surface area (Å²) >= 11 is 0. The van der Waals surface area contributed by atoms with Crippen molar-refractivity contribution >= 4 is 23.3 Å². The van der Waals surface area contributed by atoms with Crippen LogP contribution in [0.3, 0.4) is 0 Å². The smallest absolute Gasteiger partial charge is 0.230 e. The molecule has 0 saturated carbocycles. The van der Waals surface area contributed by atoms with E-state index in [0.29, 0.717) is 17.3 Å². The van der Waals surface area contributed by atoms with Gasteiger partial charge in [0.2, 0.25) is 11.8 Å². The molecule has 1 saturated heterocycles. The van der Waals surface area contributed by atoms with E-state index in [-0.39, 0.29) is 30.6 Å². The molecular formula is C20H19FN6O2. The molecule has 0 bridgehead atoms. The lowest BCUT2D eigenvalue weighted by atomic mass is 10.1. The zero-order valence-corrected chi connectivity index (χ0v) is 16.0. The first-order valence-electron chi connectivity index (χ1n) is 9.13. The van der Waals surface area contributed by atoms with E-state index < -0.39 is 5.92 Å². The normalized spacial score (nSPS) is 16.3. The monoisotopic (exact) mass is 394 g/mol. The summed E-state index contributed by atoms with van der Waals surface area (Å²) < 4.78 is 14.8. The number of carbonyl (C=O) groups excluding carboxylic acids is 2. The van der Waals surface area contributed by atoms with Gasteiger partial charge in [0.25, 0.3) is 0 Å². The number of rotatable bonds is 4. The summed E-state index contributed by atoms with van der Waals surface area (Å²) in [6.07, 6.45) is 1.44. The molecular weight excluding hydrogens is 375 g/mol. The van der Waals surface area contributed by atoms with Crippen LogP contribution in [0.15, 0.2) is 42.7 Å². The third-order valence-electron chi connectivity index (χ3n) is 4.76. The highest BCUT2D eigenvalue weighted by atomic mass is 19.1. The lowest BCUT2D eigenvalue weighted by molar-refractivity contribution is -0.122. The molecule has 1 aliphatic heterocycles. The zero-order valence-electron chi connectivity index (χ0n) is 16.0. The van der Waals surface area contributed by atoms with Gasteiger partial charge >= 0.3 is 0 Å². The zero-order chi connectivity index (χ0) is 20.5. The van der Waals surface area contributed by atoms with Crippen molar-refractivity contribution in [2.75, 3.05) is 16.8 Å². The van der Waals surface area contributed by atoms with Crippen molar-refractivity contribution < 1.29 is 14.0 Å². The standard InChI is InChI=1S/C20H19FN6O2/c1-12-7-13(2)27(25-12)18-9-17(22-11-23-18)24-20(29)14-8-19(28)26(10-14)16-5-3-15(21)4-6-16/h3-7,9,11,14H,8,10H2,1-2H3,(H,22,23,24,29). The molecule has 2 amide bonds. The van der Waals surface area contributed by atoms with Crippen LogP contribution in [0.4, 0.5) is 15.9 Å². The number of carbonyl (C=O) groups is 2. The van der Waals surface area contributed by atoms with Crippen molar-refractivity contribution in [2.45, 2.75) is 20.3 Å². The second kappa shape index (κ2) is 7.42. The quantitative estimate of drug-likeness (QED) is 0.734. The fourth-order valence-electron chi connectivity index (χ4n) is 3.37. The molecule has 9 heteroatoms. The fourth-order valence-corrected chi connectivity index (χ4v) is 3.37. The highest BCUT2D eigenvalue weighted by Crippen LogP contribution is 2.26. The number of aryl methyl sites for hydroxylation is 2. The summed E-state index contributed by atoms with van der Waals surface area (Å²) in [5.41, 5.74) is 2.34. The molecule has 0 spiro atoms. The van der Waals surface area contributed by atoms with Crippen LogP contribution in [0.1, 0.15) is 17.8 Å². The first kappa shape index (κ1) is 18.7. The minimum atomic E-state index is -0.528. The van der Waals surface area contributed by atoms with Gasteiger partial charge < -0.3 is 10.2 Å². The third kappa shape index (κ3) is 3.84. The molecule has 3 heterocycles. The van der Waals surface area contributed by atoms with E-state index in [1.807, 2.05) is 19.9 Å². The summed E-state index contributed by atoms with van der Waals surface area (Å²) in [5.74, 6) is -0.517. The SMILES string of the molecule is Cc1cc(C)n(-c2cc(NC(=O)C3CC(=O)N(c4ccc(F)cc4)C3)ncn2)n1. The van der Waals surface area contributed by atoms with Crippen molar-refractivity contribution in [1.29, 1.82) is 0 Å². The Labute approximate surface area is 166 Å². The Balaban J connectivity index is 1.47. The molecule has 148 valence electrons. The highest BCUT2D eigenvalue weighted by molar-refractivity contribution is 6.03. The van der Waals surface area contributed by atoms with Gasteiger partial charge in [0, 0.05) is 30.4 Å². The summed E-state index contributed by atoms with van der Waals surface area (Å²) in [6.45, 7) is 4.03. The number of nitrogens with zero attached hydrogens (tertiary/aromatic N) is 5. The average Bonchev–Trinajstić information content (AvgIpc) is 3.24. The van der Waals surface area contributed by atoms with Crippen molar-refractivity contribution in [2.24, 2.45) is 5.92 Å². The first-order valence-corrected chi connectivity index (χ1v) is 9.13. The van der Waals surface area contributed by atoms with Crippen LogP contribution in [-0.4, -0.2) is 38.1 Å². The predicted octanol–water partition coefficient (Wildman–Crippen LogP) is 2.41. The van der Waals surface area contributed by atoms with E-state index in [0.717, 1.165) is 11.4 Å². The molecule has 1 atom stereocenters. The number of aromatic nitrogens is 4. The van der Waals surface area contributed by atoms with Crippen LogP contribution in [-0.2, 0) is 9.59 Å². The number of anilines is 2. The summed E-state index contributed by atoms with van der Waals surface area (Å²) in [4.78, 5) is 34.8. The Morgan fingerprint density at radius 1 is 1.17 bits per heavy atom. The lowest BCUT2D eigenvalue weighted by Crippen LogP contribution is -2.28. The molecule has 2 aromatic heterocycles. The Morgan fingerprint density at radius 2 is 1.93 bits per heavy atom. The summed E-state index contributed by atoms with van der Waals surface area (Å²) in [6, 6.07) is 9.19. The van der Waals surface area contributed by atoms with Crippen LogP contribution < -0.4 is 10.2 Å². The van der Waals surface area contributed by atoms with Crippen LogP contribution in [0, 0.1) is 25.6 Å². The Bertz CT molecular complexity index is 1080. The van der Waals surface area contributed by atoms with Gasteiger partial charge in [-0.05, 0) is 44.2 Å². The Kier molecular flexibility index (Phi) is 4.79. The fraction of sp³-hybridized carbons (Fsp3) is 0.250. The molecule has 1 aliphatic rings. The second-order valence-electron chi connectivity index (χ2n) is 6.97. The molecule has 1 unspecified atom stereocenters. The van der Waals surface area contributed by atoms with Gasteiger partial charge in [0.1, 0.15) is 18.0 Å². The van der Waals surface area contributed by atoms with Crippen LogP contribution in [0.2, 0.25) is 0 Å². The molecule has 1 fully saturated rings. The first-order chi connectivity index (χ1) is 13.9. The molecule has 1 aromatic carbocycles. The van der Waals surface area contributed by atoms with Crippen LogP contribution in [0.5, 0.6) is 0 Å². The lowest BCUT2D eigenvalue weighted by Gasteiger charge is -2.16. The minimum Gasteiger partial charge on any atom is -0.312 e. The average molecular weight is 394 g/mol. The van der Waals surface area contributed by atoms with Gasteiger partial charge in [0.05, 0.1) is 11.6 Å². The third-order valence-corrected chi connectivity index (χ3v) is 4.76. The van der Waals surface area contributed by atoms with Crippen LogP contribution >= 0.6 is 0 Å². The molecule has 29 heavy (non-hydrogen) atoms. The van der Waals surface area contributed by atoms with Gasteiger partial charge in [-0.3, -0.25) is 9.59 Å². The molecule has 0 radical (unpaired) electrons. The number of amides is 2. The number of halogens is 1. The van der Waals surface area contributed by atoms with E-state index >= 15 is 0 Å². The highest BCUT2D eigenvalue weighted by Gasteiger charge is 2.35. The summed E-state index contributed by atoms with van der Waals surface area (Å²) in [7, 11) is 0. The number of hydrogen-bond acceptors (Lipinski definition) is 5.